The Kier molecular flexibility index (Phi) is 6.93. The van der Waals surface area contributed by atoms with Crippen molar-refractivity contribution in [2.45, 2.75) is 6.54 Å². The first kappa shape index (κ1) is 18.6. The van der Waals surface area contributed by atoms with Crippen molar-refractivity contribution in [1.29, 1.82) is 0 Å². The van der Waals surface area contributed by atoms with E-state index < -0.39 is 0 Å². The standard InChI is InChI=1S/C17H18Br2N2O3/c1-22-13-6-4-11(15(8-13)23-2)9-20-21-10-12-5-7-14(18)17(24-3)16(12)19/h4-8,10,20H,9H2,1-3H3/b21-10+. The number of hydrazone groups is 1. The molecular formula is C17H18Br2N2O3. The van der Waals surface area contributed by atoms with E-state index in [-0.39, 0.29) is 0 Å². The Morgan fingerprint density at radius 2 is 1.83 bits per heavy atom. The molecule has 0 spiro atoms. The SMILES string of the molecule is COc1ccc(CN/N=C/c2ccc(Br)c(OC)c2Br)c(OC)c1. The molecule has 24 heavy (non-hydrogen) atoms. The zero-order valence-corrected chi connectivity index (χ0v) is 16.8. The molecule has 2 rings (SSSR count). The molecule has 0 aliphatic carbocycles. The second kappa shape index (κ2) is 8.94. The molecule has 1 N–H and O–H groups in total. The van der Waals surface area contributed by atoms with Crippen LogP contribution < -0.4 is 19.6 Å². The third kappa shape index (κ3) is 4.42. The zero-order chi connectivity index (χ0) is 17.5. The van der Waals surface area contributed by atoms with E-state index >= 15 is 0 Å². The smallest absolute Gasteiger partial charge is 0.147 e. The van der Waals surface area contributed by atoms with E-state index in [2.05, 4.69) is 42.4 Å². The number of hydrogen-bond acceptors (Lipinski definition) is 5. The molecule has 0 unspecified atom stereocenters. The van der Waals surface area contributed by atoms with Crippen molar-refractivity contribution in [2.75, 3.05) is 21.3 Å². The molecule has 0 radical (unpaired) electrons. The summed E-state index contributed by atoms with van der Waals surface area (Å²) in [4.78, 5) is 0. The van der Waals surface area contributed by atoms with Crippen LogP contribution in [0.2, 0.25) is 0 Å². The highest BCUT2D eigenvalue weighted by Crippen LogP contribution is 2.35. The summed E-state index contributed by atoms with van der Waals surface area (Å²) in [6.45, 7) is 0.537. The van der Waals surface area contributed by atoms with Gasteiger partial charge in [0.2, 0.25) is 0 Å². The van der Waals surface area contributed by atoms with Crippen LogP contribution in [0.3, 0.4) is 0 Å². The highest BCUT2D eigenvalue weighted by molar-refractivity contribution is 9.11. The highest BCUT2D eigenvalue weighted by atomic mass is 79.9. The average Bonchev–Trinajstić information content (AvgIpc) is 2.60. The van der Waals surface area contributed by atoms with E-state index in [0.29, 0.717) is 6.54 Å². The number of benzene rings is 2. The molecule has 128 valence electrons. The summed E-state index contributed by atoms with van der Waals surface area (Å²) < 4.78 is 17.6. The van der Waals surface area contributed by atoms with Crippen LogP contribution in [0.15, 0.2) is 44.4 Å². The van der Waals surface area contributed by atoms with Gasteiger partial charge >= 0.3 is 0 Å². The van der Waals surface area contributed by atoms with Crippen molar-refractivity contribution in [3.63, 3.8) is 0 Å². The average molecular weight is 458 g/mol. The van der Waals surface area contributed by atoms with E-state index in [1.54, 1.807) is 27.5 Å². The van der Waals surface area contributed by atoms with Gasteiger partial charge in [-0.3, -0.25) is 0 Å². The lowest BCUT2D eigenvalue weighted by Crippen LogP contribution is -2.07. The molecule has 0 saturated carbocycles. The predicted molar refractivity (Wildman–Crippen MR) is 102 cm³/mol. The zero-order valence-electron chi connectivity index (χ0n) is 13.6. The molecule has 0 heterocycles. The van der Waals surface area contributed by atoms with Crippen molar-refractivity contribution in [3.05, 3.63) is 50.4 Å². The van der Waals surface area contributed by atoms with Gasteiger partial charge in [0.25, 0.3) is 0 Å². The van der Waals surface area contributed by atoms with Gasteiger partial charge in [-0.15, -0.1) is 0 Å². The molecule has 0 aliphatic heterocycles. The maximum absolute atomic E-state index is 5.36. The normalized spacial score (nSPS) is 10.7. The van der Waals surface area contributed by atoms with Crippen LogP contribution in [0.4, 0.5) is 0 Å². The number of halogens is 2. The first-order valence-corrected chi connectivity index (χ1v) is 8.68. The molecule has 2 aromatic carbocycles. The summed E-state index contributed by atoms with van der Waals surface area (Å²) >= 11 is 6.96. The van der Waals surface area contributed by atoms with E-state index in [0.717, 1.165) is 37.3 Å². The van der Waals surface area contributed by atoms with Crippen LogP contribution in [0, 0.1) is 0 Å². The van der Waals surface area contributed by atoms with Gasteiger partial charge in [-0.1, -0.05) is 6.07 Å². The molecule has 0 fully saturated rings. The molecular weight excluding hydrogens is 440 g/mol. The molecule has 0 aliphatic rings. The van der Waals surface area contributed by atoms with Crippen LogP contribution in [0.5, 0.6) is 17.2 Å². The number of nitrogens with zero attached hydrogens (tertiary/aromatic N) is 1. The number of ether oxygens (including phenoxy) is 3. The minimum absolute atomic E-state index is 0.537. The number of rotatable bonds is 7. The summed E-state index contributed by atoms with van der Waals surface area (Å²) in [7, 11) is 4.88. The molecule has 2 aromatic rings. The van der Waals surface area contributed by atoms with E-state index in [9.17, 15) is 0 Å². The quantitative estimate of drug-likeness (QED) is 0.495. The summed E-state index contributed by atoms with van der Waals surface area (Å²) in [6.07, 6.45) is 1.73. The van der Waals surface area contributed by atoms with Crippen molar-refractivity contribution in [3.8, 4) is 17.2 Å². The third-order valence-electron chi connectivity index (χ3n) is 3.34. The molecule has 0 aromatic heterocycles. The number of methoxy groups -OCH3 is 3. The second-order valence-electron chi connectivity index (χ2n) is 4.75. The van der Waals surface area contributed by atoms with Gasteiger partial charge < -0.3 is 19.6 Å². The van der Waals surface area contributed by atoms with Crippen LogP contribution in [-0.2, 0) is 6.54 Å². The summed E-state index contributed by atoms with van der Waals surface area (Å²) in [5, 5.41) is 4.26. The predicted octanol–water partition coefficient (Wildman–Crippen LogP) is 4.36. The summed E-state index contributed by atoms with van der Waals surface area (Å²) in [6, 6.07) is 9.53. The molecule has 0 amide bonds. The Hall–Kier alpha value is -1.73. The number of nitrogens with one attached hydrogen (secondary N) is 1. The van der Waals surface area contributed by atoms with E-state index in [4.69, 9.17) is 14.2 Å². The van der Waals surface area contributed by atoms with Crippen molar-refractivity contribution >= 4 is 38.1 Å². The first-order valence-electron chi connectivity index (χ1n) is 7.09. The lowest BCUT2D eigenvalue weighted by Gasteiger charge is -2.10. The highest BCUT2D eigenvalue weighted by Gasteiger charge is 2.09. The second-order valence-corrected chi connectivity index (χ2v) is 6.40. The Bertz CT molecular complexity index is 736. The summed E-state index contributed by atoms with van der Waals surface area (Å²) in [5.74, 6) is 2.24. The fourth-order valence-corrected chi connectivity index (χ4v) is 3.45. The first-order chi connectivity index (χ1) is 11.6. The number of hydrogen-bond donors (Lipinski definition) is 1. The maximum Gasteiger partial charge on any atom is 0.147 e. The molecule has 7 heteroatoms. The van der Waals surface area contributed by atoms with Crippen molar-refractivity contribution < 1.29 is 14.2 Å². The Morgan fingerprint density at radius 1 is 1.04 bits per heavy atom. The molecule has 0 saturated heterocycles. The van der Waals surface area contributed by atoms with Crippen LogP contribution in [0.25, 0.3) is 0 Å². The van der Waals surface area contributed by atoms with Gasteiger partial charge in [0, 0.05) is 17.2 Å². The van der Waals surface area contributed by atoms with Gasteiger partial charge in [-0.05, 0) is 50.1 Å². The van der Waals surface area contributed by atoms with Crippen LogP contribution >= 0.6 is 31.9 Å². The minimum atomic E-state index is 0.537. The lowest BCUT2D eigenvalue weighted by atomic mass is 10.2. The van der Waals surface area contributed by atoms with E-state index in [1.165, 1.54) is 0 Å². The van der Waals surface area contributed by atoms with Gasteiger partial charge in [0.1, 0.15) is 17.2 Å². The van der Waals surface area contributed by atoms with Crippen LogP contribution in [-0.4, -0.2) is 27.5 Å². The monoisotopic (exact) mass is 456 g/mol. The Labute approximate surface area is 158 Å². The summed E-state index contributed by atoms with van der Waals surface area (Å²) in [5.41, 5.74) is 4.91. The van der Waals surface area contributed by atoms with Crippen LogP contribution in [0.1, 0.15) is 11.1 Å². The van der Waals surface area contributed by atoms with E-state index in [1.807, 2.05) is 30.3 Å². The molecule has 0 bridgehead atoms. The third-order valence-corrected chi connectivity index (χ3v) is 4.78. The Balaban J connectivity index is 2.06. The van der Waals surface area contributed by atoms with Gasteiger partial charge in [-0.25, -0.2) is 0 Å². The topological polar surface area (TPSA) is 52.1 Å². The fraction of sp³-hybridized carbons (Fsp3) is 0.235. The van der Waals surface area contributed by atoms with Crippen molar-refractivity contribution in [1.82, 2.24) is 5.43 Å². The Morgan fingerprint density at radius 3 is 2.50 bits per heavy atom. The van der Waals surface area contributed by atoms with Gasteiger partial charge in [0.15, 0.2) is 0 Å². The van der Waals surface area contributed by atoms with Gasteiger partial charge in [-0.2, -0.15) is 5.10 Å². The minimum Gasteiger partial charge on any atom is -0.497 e. The fourth-order valence-electron chi connectivity index (χ4n) is 2.08. The van der Waals surface area contributed by atoms with Crippen molar-refractivity contribution in [2.24, 2.45) is 5.10 Å². The molecule has 0 atom stereocenters. The lowest BCUT2D eigenvalue weighted by molar-refractivity contribution is 0.390. The largest absolute Gasteiger partial charge is 0.497 e. The molecule has 5 nitrogen and oxygen atoms in total. The van der Waals surface area contributed by atoms with Gasteiger partial charge in [0.05, 0.1) is 43.0 Å². The maximum atomic E-state index is 5.36.